The molecule has 102 valence electrons. The largest absolute Gasteiger partial charge is 0.398 e. The van der Waals surface area contributed by atoms with Gasteiger partial charge in [0.1, 0.15) is 0 Å². The van der Waals surface area contributed by atoms with Gasteiger partial charge in [-0.25, -0.2) is 0 Å². The molecule has 0 aliphatic carbocycles. The molecule has 1 aromatic heterocycles. The molecule has 0 spiro atoms. The lowest BCUT2D eigenvalue weighted by Gasteiger charge is -2.28. The number of hydrogen-bond acceptors (Lipinski definition) is 3. The van der Waals surface area contributed by atoms with Gasteiger partial charge in [-0.2, -0.15) is 0 Å². The van der Waals surface area contributed by atoms with Gasteiger partial charge in [0, 0.05) is 37.0 Å². The highest BCUT2D eigenvalue weighted by molar-refractivity contribution is 6.33. The van der Waals surface area contributed by atoms with Gasteiger partial charge in [0.2, 0.25) is 0 Å². The molecular formula is C15H14ClN3O. The van der Waals surface area contributed by atoms with E-state index >= 15 is 0 Å². The SMILES string of the molecule is Nc1cc(C(=O)N2CCc3ncccc3C2)ccc1Cl. The van der Waals surface area contributed by atoms with Crippen LogP contribution >= 0.6 is 11.6 Å². The molecule has 0 unspecified atom stereocenters. The molecule has 5 heteroatoms. The van der Waals surface area contributed by atoms with Crippen LogP contribution in [-0.2, 0) is 13.0 Å². The minimum absolute atomic E-state index is 0.0251. The van der Waals surface area contributed by atoms with Gasteiger partial charge in [-0.15, -0.1) is 0 Å². The van der Waals surface area contributed by atoms with E-state index < -0.39 is 0 Å². The summed E-state index contributed by atoms with van der Waals surface area (Å²) < 4.78 is 0. The molecule has 1 aliphatic heterocycles. The lowest BCUT2D eigenvalue weighted by Crippen LogP contribution is -2.36. The number of fused-ring (bicyclic) bond motifs is 1. The Labute approximate surface area is 122 Å². The number of anilines is 1. The molecule has 4 nitrogen and oxygen atoms in total. The molecule has 1 aromatic carbocycles. The van der Waals surface area contributed by atoms with Gasteiger partial charge < -0.3 is 10.6 Å². The fraction of sp³-hybridized carbons (Fsp3) is 0.200. The molecule has 0 radical (unpaired) electrons. The van der Waals surface area contributed by atoms with Crippen LogP contribution in [-0.4, -0.2) is 22.3 Å². The maximum absolute atomic E-state index is 12.5. The van der Waals surface area contributed by atoms with Crippen molar-refractivity contribution in [3.05, 3.63) is 58.4 Å². The van der Waals surface area contributed by atoms with Gasteiger partial charge in [0.25, 0.3) is 5.91 Å². The Morgan fingerprint density at radius 1 is 1.35 bits per heavy atom. The number of halogens is 1. The first-order valence-corrected chi connectivity index (χ1v) is 6.80. The van der Waals surface area contributed by atoms with E-state index in [1.165, 1.54) is 0 Å². The lowest BCUT2D eigenvalue weighted by atomic mass is 10.0. The summed E-state index contributed by atoms with van der Waals surface area (Å²) in [5.74, 6) is -0.0251. The standard InChI is InChI=1S/C15H14ClN3O/c16-12-4-3-10(8-13(12)17)15(20)19-7-5-14-11(9-19)2-1-6-18-14/h1-4,6,8H,5,7,9,17H2. The van der Waals surface area contributed by atoms with Crippen molar-refractivity contribution < 1.29 is 4.79 Å². The third kappa shape index (κ3) is 2.34. The van der Waals surface area contributed by atoms with Crippen LogP contribution in [0, 0.1) is 0 Å². The summed E-state index contributed by atoms with van der Waals surface area (Å²) in [6.07, 6.45) is 2.57. The second-order valence-electron chi connectivity index (χ2n) is 4.82. The molecule has 0 saturated heterocycles. The highest BCUT2D eigenvalue weighted by Gasteiger charge is 2.22. The average molecular weight is 288 g/mol. The van der Waals surface area contributed by atoms with E-state index in [4.69, 9.17) is 17.3 Å². The van der Waals surface area contributed by atoms with Crippen molar-refractivity contribution in [2.75, 3.05) is 12.3 Å². The first-order valence-electron chi connectivity index (χ1n) is 6.42. The number of amides is 1. The minimum Gasteiger partial charge on any atom is -0.398 e. The summed E-state index contributed by atoms with van der Waals surface area (Å²) in [5.41, 5.74) is 8.93. The van der Waals surface area contributed by atoms with Crippen LogP contribution < -0.4 is 5.73 Å². The van der Waals surface area contributed by atoms with Gasteiger partial charge in [0.15, 0.2) is 0 Å². The fourth-order valence-corrected chi connectivity index (χ4v) is 2.52. The summed E-state index contributed by atoms with van der Waals surface area (Å²) in [7, 11) is 0. The zero-order valence-corrected chi connectivity index (χ0v) is 11.6. The Morgan fingerprint density at radius 3 is 3.00 bits per heavy atom. The van der Waals surface area contributed by atoms with E-state index in [2.05, 4.69) is 4.98 Å². The monoisotopic (exact) mass is 287 g/mol. The molecule has 2 heterocycles. The van der Waals surface area contributed by atoms with E-state index in [1.54, 1.807) is 24.4 Å². The number of nitrogens with zero attached hydrogens (tertiary/aromatic N) is 2. The van der Waals surface area contributed by atoms with Crippen LogP contribution in [0.4, 0.5) is 5.69 Å². The zero-order valence-electron chi connectivity index (χ0n) is 10.8. The summed E-state index contributed by atoms with van der Waals surface area (Å²) in [6.45, 7) is 1.26. The van der Waals surface area contributed by atoms with Crippen molar-refractivity contribution in [3.63, 3.8) is 0 Å². The molecule has 20 heavy (non-hydrogen) atoms. The molecule has 0 saturated carbocycles. The van der Waals surface area contributed by atoms with Gasteiger partial charge >= 0.3 is 0 Å². The van der Waals surface area contributed by atoms with Crippen molar-refractivity contribution in [1.82, 2.24) is 9.88 Å². The molecule has 3 rings (SSSR count). The smallest absolute Gasteiger partial charge is 0.254 e. The third-order valence-electron chi connectivity index (χ3n) is 3.49. The van der Waals surface area contributed by atoms with E-state index in [-0.39, 0.29) is 5.91 Å². The maximum Gasteiger partial charge on any atom is 0.254 e. The Kier molecular flexibility index (Phi) is 3.32. The lowest BCUT2D eigenvalue weighted by molar-refractivity contribution is 0.0733. The maximum atomic E-state index is 12.5. The number of nitrogen functional groups attached to an aromatic ring is 1. The van der Waals surface area contributed by atoms with Crippen molar-refractivity contribution >= 4 is 23.2 Å². The third-order valence-corrected chi connectivity index (χ3v) is 3.84. The molecular weight excluding hydrogens is 274 g/mol. The fourth-order valence-electron chi connectivity index (χ4n) is 2.40. The molecule has 0 bridgehead atoms. The van der Waals surface area contributed by atoms with Gasteiger partial charge in [-0.05, 0) is 29.8 Å². The quantitative estimate of drug-likeness (QED) is 0.820. The van der Waals surface area contributed by atoms with Gasteiger partial charge in [-0.3, -0.25) is 9.78 Å². The number of aromatic nitrogens is 1. The number of rotatable bonds is 1. The Morgan fingerprint density at radius 2 is 2.20 bits per heavy atom. The number of hydrogen-bond donors (Lipinski definition) is 1. The summed E-state index contributed by atoms with van der Waals surface area (Å²) in [4.78, 5) is 18.6. The summed E-state index contributed by atoms with van der Waals surface area (Å²) in [6, 6.07) is 8.90. The molecule has 1 aliphatic rings. The first kappa shape index (κ1) is 12.9. The van der Waals surface area contributed by atoms with E-state index in [9.17, 15) is 4.79 Å². The average Bonchev–Trinajstić information content (AvgIpc) is 2.49. The van der Waals surface area contributed by atoms with Crippen LogP contribution in [0.1, 0.15) is 21.6 Å². The zero-order chi connectivity index (χ0) is 14.1. The number of benzene rings is 1. The van der Waals surface area contributed by atoms with Crippen molar-refractivity contribution in [1.29, 1.82) is 0 Å². The number of carbonyl (C=O) groups is 1. The molecule has 0 atom stereocenters. The van der Waals surface area contributed by atoms with Crippen LogP contribution in [0.5, 0.6) is 0 Å². The predicted octanol–water partition coefficient (Wildman–Crippen LogP) is 2.52. The normalized spacial score (nSPS) is 13.9. The Bertz CT molecular complexity index is 672. The van der Waals surface area contributed by atoms with Crippen LogP contribution in [0.15, 0.2) is 36.5 Å². The number of nitrogens with two attached hydrogens (primary N) is 1. The van der Waals surface area contributed by atoms with E-state index in [0.29, 0.717) is 29.4 Å². The van der Waals surface area contributed by atoms with Crippen LogP contribution in [0.3, 0.4) is 0 Å². The Balaban J connectivity index is 1.84. The predicted molar refractivity (Wildman–Crippen MR) is 78.5 cm³/mol. The minimum atomic E-state index is -0.0251. The number of carbonyl (C=O) groups excluding carboxylic acids is 1. The Hall–Kier alpha value is -2.07. The second-order valence-corrected chi connectivity index (χ2v) is 5.23. The highest BCUT2D eigenvalue weighted by Crippen LogP contribution is 2.23. The van der Waals surface area contributed by atoms with Crippen molar-refractivity contribution in [2.24, 2.45) is 0 Å². The van der Waals surface area contributed by atoms with Crippen molar-refractivity contribution in [2.45, 2.75) is 13.0 Å². The van der Waals surface area contributed by atoms with E-state index in [1.807, 2.05) is 17.0 Å². The molecule has 1 amide bonds. The second kappa shape index (κ2) is 5.13. The summed E-state index contributed by atoms with van der Waals surface area (Å²) >= 11 is 5.88. The van der Waals surface area contributed by atoms with Crippen LogP contribution in [0.25, 0.3) is 0 Å². The van der Waals surface area contributed by atoms with Gasteiger partial charge in [0.05, 0.1) is 10.7 Å². The number of pyridine rings is 1. The van der Waals surface area contributed by atoms with E-state index in [0.717, 1.165) is 17.7 Å². The van der Waals surface area contributed by atoms with Gasteiger partial charge in [-0.1, -0.05) is 17.7 Å². The first-order chi connectivity index (χ1) is 9.65. The molecule has 2 aromatic rings. The summed E-state index contributed by atoms with van der Waals surface area (Å²) in [5, 5.41) is 0.467. The molecule has 2 N–H and O–H groups in total. The topological polar surface area (TPSA) is 59.2 Å². The highest BCUT2D eigenvalue weighted by atomic mass is 35.5. The molecule has 0 fully saturated rings. The van der Waals surface area contributed by atoms with Crippen molar-refractivity contribution in [3.8, 4) is 0 Å². The van der Waals surface area contributed by atoms with Crippen LogP contribution in [0.2, 0.25) is 5.02 Å².